The fourth-order valence-corrected chi connectivity index (χ4v) is 2.24. The first-order valence-corrected chi connectivity index (χ1v) is 6.20. The average molecular weight is 238 g/mol. The molecule has 1 N–H and O–H groups in total. The van der Waals surface area contributed by atoms with Crippen LogP contribution in [0.5, 0.6) is 0 Å². The van der Waals surface area contributed by atoms with Crippen molar-refractivity contribution in [2.24, 2.45) is 13.0 Å². The van der Waals surface area contributed by atoms with E-state index in [1.165, 1.54) is 0 Å². The highest BCUT2D eigenvalue weighted by Crippen LogP contribution is 2.27. The summed E-state index contributed by atoms with van der Waals surface area (Å²) < 4.78 is 2.03. The van der Waals surface area contributed by atoms with Crippen LogP contribution >= 0.6 is 0 Å². The van der Waals surface area contributed by atoms with Crippen LogP contribution < -0.4 is 0 Å². The van der Waals surface area contributed by atoms with Gasteiger partial charge in [0, 0.05) is 20.1 Å². The van der Waals surface area contributed by atoms with Crippen LogP contribution in [-0.4, -0.2) is 43.5 Å². The summed E-state index contributed by atoms with van der Waals surface area (Å²) in [4.78, 5) is 2.34. The van der Waals surface area contributed by atoms with E-state index in [0.29, 0.717) is 5.92 Å². The van der Waals surface area contributed by atoms with E-state index in [1.807, 2.05) is 25.5 Å². The predicted molar refractivity (Wildman–Crippen MR) is 65.4 cm³/mol. The van der Waals surface area contributed by atoms with Crippen LogP contribution in [0.2, 0.25) is 0 Å². The molecule has 0 spiro atoms. The smallest absolute Gasteiger partial charge is 0.146 e. The van der Waals surface area contributed by atoms with Gasteiger partial charge in [-0.1, -0.05) is 6.92 Å². The van der Waals surface area contributed by atoms with Gasteiger partial charge in [-0.3, -0.25) is 4.90 Å². The molecule has 2 atom stereocenters. The third kappa shape index (κ3) is 2.50. The van der Waals surface area contributed by atoms with E-state index < -0.39 is 5.60 Å². The molecule has 0 unspecified atom stereocenters. The van der Waals surface area contributed by atoms with Gasteiger partial charge in [0.25, 0.3) is 0 Å². The molecular weight excluding hydrogens is 216 g/mol. The molecule has 0 saturated carbocycles. The Morgan fingerprint density at radius 1 is 1.47 bits per heavy atom. The Morgan fingerprint density at radius 3 is 2.71 bits per heavy atom. The standard InChI is InChI=1S/C12H22N4O/c1-9-7-16(6-5-12(9,3)17)8-11-14-13-10(2)15(11)4/h9,17H,5-8H2,1-4H3/t9-,12+/m1/s1. The lowest BCUT2D eigenvalue weighted by atomic mass is 9.84. The Kier molecular flexibility index (Phi) is 3.23. The fourth-order valence-electron chi connectivity index (χ4n) is 2.24. The van der Waals surface area contributed by atoms with Crippen molar-refractivity contribution in [3.8, 4) is 0 Å². The van der Waals surface area contributed by atoms with Gasteiger partial charge in [-0.2, -0.15) is 0 Å². The van der Waals surface area contributed by atoms with E-state index in [1.54, 1.807) is 0 Å². The highest BCUT2D eigenvalue weighted by molar-refractivity contribution is 4.95. The number of aromatic nitrogens is 3. The molecule has 2 heterocycles. The molecule has 1 aromatic heterocycles. The zero-order chi connectivity index (χ0) is 12.6. The van der Waals surface area contributed by atoms with Crippen LogP contribution in [0.1, 0.15) is 31.9 Å². The Bertz CT molecular complexity index is 399. The summed E-state index contributed by atoms with van der Waals surface area (Å²) in [5.41, 5.74) is -0.522. The zero-order valence-electron chi connectivity index (χ0n) is 11.1. The van der Waals surface area contributed by atoms with Crippen molar-refractivity contribution in [3.05, 3.63) is 11.6 Å². The van der Waals surface area contributed by atoms with E-state index in [0.717, 1.165) is 37.7 Å². The predicted octanol–water partition coefficient (Wildman–Crippen LogP) is 0.716. The molecule has 1 aliphatic heterocycles. The monoisotopic (exact) mass is 238 g/mol. The number of piperidine rings is 1. The molecule has 1 aromatic rings. The number of hydrogen-bond acceptors (Lipinski definition) is 4. The molecule has 0 bridgehead atoms. The van der Waals surface area contributed by atoms with Crippen molar-refractivity contribution in [1.29, 1.82) is 0 Å². The van der Waals surface area contributed by atoms with Gasteiger partial charge in [-0.05, 0) is 26.2 Å². The van der Waals surface area contributed by atoms with Crippen molar-refractivity contribution < 1.29 is 5.11 Å². The van der Waals surface area contributed by atoms with Crippen molar-refractivity contribution in [3.63, 3.8) is 0 Å². The normalized spacial score (nSPS) is 30.8. The topological polar surface area (TPSA) is 54.2 Å². The Balaban J connectivity index is 2.00. The number of hydrogen-bond donors (Lipinski definition) is 1. The third-order valence-corrected chi connectivity index (χ3v) is 4.08. The van der Waals surface area contributed by atoms with Gasteiger partial charge in [0.1, 0.15) is 11.6 Å². The minimum atomic E-state index is -0.522. The average Bonchev–Trinajstić information content (AvgIpc) is 2.56. The summed E-state index contributed by atoms with van der Waals surface area (Å²) >= 11 is 0. The maximum Gasteiger partial charge on any atom is 0.146 e. The van der Waals surface area contributed by atoms with Crippen LogP contribution in [-0.2, 0) is 13.6 Å². The van der Waals surface area contributed by atoms with Crippen LogP contribution in [0.25, 0.3) is 0 Å². The Labute approximate surface area is 102 Å². The van der Waals surface area contributed by atoms with Gasteiger partial charge in [0.05, 0.1) is 12.1 Å². The summed E-state index contributed by atoms with van der Waals surface area (Å²) in [5, 5.41) is 18.4. The van der Waals surface area contributed by atoms with Gasteiger partial charge in [0.15, 0.2) is 0 Å². The van der Waals surface area contributed by atoms with Crippen LogP contribution in [0.4, 0.5) is 0 Å². The van der Waals surface area contributed by atoms with Gasteiger partial charge in [0.2, 0.25) is 0 Å². The van der Waals surface area contributed by atoms with Gasteiger partial charge in [-0.15, -0.1) is 10.2 Å². The van der Waals surface area contributed by atoms with E-state index in [4.69, 9.17) is 0 Å². The molecule has 1 aliphatic rings. The third-order valence-electron chi connectivity index (χ3n) is 4.08. The maximum absolute atomic E-state index is 10.1. The van der Waals surface area contributed by atoms with E-state index >= 15 is 0 Å². The van der Waals surface area contributed by atoms with Gasteiger partial charge in [-0.25, -0.2) is 0 Å². The largest absolute Gasteiger partial charge is 0.390 e. The number of nitrogens with zero attached hydrogens (tertiary/aromatic N) is 4. The maximum atomic E-state index is 10.1. The molecule has 5 heteroatoms. The molecule has 17 heavy (non-hydrogen) atoms. The molecular formula is C12H22N4O. The Morgan fingerprint density at radius 2 is 2.18 bits per heavy atom. The van der Waals surface area contributed by atoms with Gasteiger partial charge >= 0.3 is 0 Å². The number of likely N-dealkylation sites (tertiary alicyclic amines) is 1. The lowest BCUT2D eigenvalue weighted by molar-refractivity contribution is -0.0530. The van der Waals surface area contributed by atoms with Crippen LogP contribution in [0, 0.1) is 12.8 Å². The second-order valence-electron chi connectivity index (χ2n) is 5.47. The first kappa shape index (κ1) is 12.5. The minimum absolute atomic E-state index is 0.297. The molecule has 0 aromatic carbocycles. The first-order valence-electron chi connectivity index (χ1n) is 6.20. The van der Waals surface area contributed by atoms with Crippen LogP contribution in [0.15, 0.2) is 0 Å². The molecule has 0 radical (unpaired) electrons. The molecule has 1 fully saturated rings. The molecule has 5 nitrogen and oxygen atoms in total. The molecule has 2 rings (SSSR count). The molecule has 96 valence electrons. The van der Waals surface area contributed by atoms with Gasteiger partial charge < -0.3 is 9.67 Å². The fraction of sp³-hybridized carbons (Fsp3) is 0.833. The number of rotatable bonds is 2. The second-order valence-corrected chi connectivity index (χ2v) is 5.47. The summed E-state index contributed by atoms with van der Waals surface area (Å²) in [5.74, 6) is 2.24. The zero-order valence-corrected chi connectivity index (χ0v) is 11.1. The lowest BCUT2D eigenvalue weighted by Crippen LogP contribution is -2.48. The summed E-state index contributed by atoms with van der Waals surface area (Å²) in [7, 11) is 1.99. The van der Waals surface area contributed by atoms with Crippen molar-refractivity contribution in [1.82, 2.24) is 19.7 Å². The van der Waals surface area contributed by atoms with E-state index in [-0.39, 0.29) is 0 Å². The molecule has 0 aliphatic carbocycles. The summed E-state index contributed by atoms with van der Waals surface area (Å²) in [6, 6.07) is 0. The number of aliphatic hydroxyl groups is 1. The highest BCUT2D eigenvalue weighted by Gasteiger charge is 2.34. The highest BCUT2D eigenvalue weighted by atomic mass is 16.3. The quantitative estimate of drug-likeness (QED) is 0.824. The summed E-state index contributed by atoms with van der Waals surface area (Å²) in [6.45, 7) is 8.65. The van der Waals surface area contributed by atoms with E-state index in [9.17, 15) is 5.11 Å². The van der Waals surface area contributed by atoms with Crippen LogP contribution in [0.3, 0.4) is 0 Å². The number of aryl methyl sites for hydroxylation is 1. The first-order chi connectivity index (χ1) is 7.90. The molecule has 0 amide bonds. The minimum Gasteiger partial charge on any atom is -0.390 e. The second kappa shape index (κ2) is 4.38. The lowest BCUT2D eigenvalue weighted by Gasteiger charge is -2.40. The Hall–Kier alpha value is -0.940. The SMILES string of the molecule is Cc1nnc(CN2CC[C@](C)(O)[C@H](C)C2)n1C. The molecule has 1 saturated heterocycles. The summed E-state index contributed by atoms with van der Waals surface area (Å²) in [6.07, 6.45) is 0.824. The van der Waals surface area contributed by atoms with E-state index in [2.05, 4.69) is 22.0 Å². The van der Waals surface area contributed by atoms with Crippen molar-refractivity contribution in [2.75, 3.05) is 13.1 Å². The van der Waals surface area contributed by atoms with Crippen molar-refractivity contribution >= 4 is 0 Å². The van der Waals surface area contributed by atoms with Crippen molar-refractivity contribution in [2.45, 2.75) is 39.3 Å².